The summed E-state index contributed by atoms with van der Waals surface area (Å²) in [5.41, 5.74) is 1.37. The average molecular weight is 245 g/mol. The Balaban J connectivity index is 1.91. The van der Waals surface area contributed by atoms with Gasteiger partial charge in [-0.3, -0.25) is 0 Å². The van der Waals surface area contributed by atoms with Crippen LogP contribution in [0.25, 0.3) is 0 Å². The largest absolute Gasteiger partial charge is 0.309 e. The summed E-state index contributed by atoms with van der Waals surface area (Å²) in [4.78, 5) is 0. The van der Waals surface area contributed by atoms with Crippen LogP contribution in [0.3, 0.4) is 0 Å². The highest BCUT2D eigenvalue weighted by Gasteiger charge is 2.15. The highest BCUT2D eigenvalue weighted by Crippen LogP contribution is 2.23. The van der Waals surface area contributed by atoms with Crippen molar-refractivity contribution < 1.29 is 0 Å². The molecule has 5 nitrogen and oxygen atoms in total. The first kappa shape index (κ1) is 12.7. The van der Waals surface area contributed by atoms with Gasteiger partial charge < -0.3 is 5.32 Å². The van der Waals surface area contributed by atoms with Gasteiger partial charge in [0.2, 0.25) is 0 Å². The van der Waals surface area contributed by atoms with E-state index < -0.39 is 0 Å². The van der Waals surface area contributed by atoms with E-state index in [0.29, 0.717) is 24.2 Å². The number of hydrogen-bond acceptors (Lipinski definition) is 4. The van der Waals surface area contributed by atoms with E-state index in [9.17, 15) is 0 Å². The zero-order valence-corrected chi connectivity index (χ0v) is 10.8. The molecular weight excluding hydrogens is 226 g/mol. The lowest BCUT2D eigenvalue weighted by Crippen LogP contribution is -2.24. The quantitative estimate of drug-likeness (QED) is 0.813. The molecule has 96 valence electrons. The molecule has 0 radical (unpaired) electrons. The van der Waals surface area contributed by atoms with E-state index >= 15 is 0 Å². The van der Waals surface area contributed by atoms with E-state index in [-0.39, 0.29) is 0 Å². The highest BCUT2D eigenvalue weighted by molar-refractivity contribution is 5.20. The van der Waals surface area contributed by atoms with Gasteiger partial charge in [0.05, 0.1) is 6.54 Å². The van der Waals surface area contributed by atoms with E-state index in [1.54, 1.807) is 0 Å². The van der Waals surface area contributed by atoms with Crippen LogP contribution < -0.4 is 5.32 Å². The molecule has 18 heavy (non-hydrogen) atoms. The van der Waals surface area contributed by atoms with Crippen LogP contribution in [-0.2, 0) is 6.54 Å². The maximum absolute atomic E-state index is 3.92. The number of hydrogen-bond donors (Lipinski definition) is 2. The van der Waals surface area contributed by atoms with Crippen LogP contribution in [0, 0.1) is 5.92 Å². The van der Waals surface area contributed by atoms with Crippen molar-refractivity contribution in [2.45, 2.75) is 26.3 Å². The molecule has 2 N–H and O–H groups in total. The Bertz CT molecular complexity index is 438. The number of aromatic amines is 1. The molecule has 1 heterocycles. The fraction of sp³-hybridized carbons (Fsp3) is 0.462. The Morgan fingerprint density at radius 3 is 2.61 bits per heavy atom. The average Bonchev–Trinajstić information content (AvgIpc) is 2.88. The molecule has 5 heteroatoms. The molecule has 1 unspecified atom stereocenters. The van der Waals surface area contributed by atoms with Crippen LogP contribution in [0.15, 0.2) is 30.3 Å². The van der Waals surface area contributed by atoms with Gasteiger partial charge in [-0.25, -0.2) is 0 Å². The van der Waals surface area contributed by atoms with Crippen molar-refractivity contribution >= 4 is 0 Å². The van der Waals surface area contributed by atoms with Gasteiger partial charge in [0, 0.05) is 6.54 Å². The Morgan fingerprint density at radius 2 is 2.00 bits per heavy atom. The van der Waals surface area contributed by atoms with Gasteiger partial charge >= 0.3 is 0 Å². The number of benzene rings is 1. The van der Waals surface area contributed by atoms with Crippen LogP contribution in [0.4, 0.5) is 0 Å². The Hall–Kier alpha value is -1.75. The third kappa shape index (κ3) is 3.37. The second kappa shape index (κ2) is 6.26. The van der Waals surface area contributed by atoms with Crippen LogP contribution >= 0.6 is 0 Å². The van der Waals surface area contributed by atoms with Gasteiger partial charge in [-0.1, -0.05) is 49.4 Å². The summed E-state index contributed by atoms with van der Waals surface area (Å²) in [6.07, 6.45) is 0. The predicted molar refractivity (Wildman–Crippen MR) is 69.9 cm³/mol. The van der Waals surface area contributed by atoms with Crippen molar-refractivity contribution in [1.29, 1.82) is 0 Å². The van der Waals surface area contributed by atoms with Crippen molar-refractivity contribution in [2.75, 3.05) is 6.54 Å². The molecule has 0 fully saturated rings. The van der Waals surface area contributed by atoms with Gasteiger partial charge in [-0.15, -0.1) is 10.2 Å². The summed E-state index contributed by atoms with van der Waals surface area (Å²) < 4.78 is 0. The maximum atomic E-state index is 3.92. The first-order valence-corrected chi connectivity index (χ1v) is 6.25. The number of tetrazole rings is 1. The van der Waals surface area contributed by atoms with E-state index in [4.69, 9.17) is 0 Å². The lowest BCUT2D eigenvalue weighted by molar-refractivity contribution is 0.458. The molecule has 0 saturated heterocycles. The van der Waals surface area contributed by atoms with Crippen molar-refractivity contribution in [3.63, 3.8) is 0 Å². The molecule has 0 saturated carbocycles. The zero-order valence-electron chi connectivity index (χ0n) is 10.8. The fourth-order valence-corrected chi connectivity index (χ4v) is 2.04. The number of aromatic nitrogens is 4. The molecule has 2 rings (SSSR count). The van der Waals surface area contributed by atoms with Gasteiger partial charge in [0.15, 0.2) is 5.82 Å². The maximum Gasteiger partial charge on any atom is 0.188 e. The minimum Gasteiger partial charge on any atom is -0.309 e. The summed E-state index contributed by atoms with van der Waals surface area (Å²) >= 11 is 0. The van der Waals surface area contributed by atoms with E-state index in [0.717, 1.165) is 6.54 Å². The summed E-state index contributed by atoms with van der Waals surface area (Å²) in [6.45, 7) is 6.05. The molecule has 0 bridgehead atoms. The fourth-order valence-electron chi connectivity index (χ4n) is 2.04. The molecule has 1 aromatic carbocycles. The topological polar surface area (TPSA) is 66.5 Å². The van der Waals surface area contributed by atoms with Gasteiger partial charge in [-0.05, 0) is 17.4 Å². The third-order valence-electron chi connectivity index (χ3n) is 3.07. The first-order valence-electron chi connectivity index (χ1n) is 6.25. The molecule has 1 atom stereocenters. The van der Waals surface area contributed by atoms with Crippen LogP contribution in [-0.4, -0.2) is 27.2 Å². The molecule has 0 aliphatic heterocycles. The van der Waals surface area contributed by atoms with Crippen LogP contribution in [0.2, 0.25) is 0 Å². The van der Waals surface area contributed by atoms with Gasteiger partial charge in [0.1, 0.15) is 0 Å². The molecule has 2 aromatic rings. The van der Waals surface area contributed by atoms with Crippen molar-refractivity contribution in [1.82, 2.24) is 25.9 Å². The normalized spacial score (nSPS) is 12.8. The Labute approximate surface area is 107 Å². The molecular formula is C13H19N5. The zero-order chi connectivity index (χ0) is 12.8. The minimum absolute atomic E-state index is 0.498. The minimum atomic E-state index is 0.498. The van der Waals surface area contributed by atoms with Crippen LogP contribution in [0.5, 0.6) is 0 Å². The van der Waals surface area contributed by atoms with E-state index in [2.05, 4.69) is 64.1 Å². The Kier molecular flexibility index (Phi) is 4.41. The molecule has 1 aromatic heterocycles. The van der Waals surface area contributed by atoms with E-state index in [1.807, 2.05) is 6.07 Å². The second-order valence-corrected chi connectivity index (χ2v) is 4.72. The van der Waals surface area contributed by atoms with Crippen molar-refractivity contribution in [2.24, 2.45) is 5.92 Å². The standard InChI is InChI=1S/C13H19N5/c1-10(2)12(11-6-4-3-5-7-11)8-14-9-13-15-17-18-16-13/h3-7,10,12,14H,8-9H2,1-2H3,(H,15,16,17,18). The van der Waals surface area contributed by atoms with Gasteiger partial charge in [0.25, 0.3) is 0 Å². The number of H-pyrrole nitrogens is 1. The highest BCUT2D eigenvalue weighted by atomic mass is 15.5. The van der Waals surface area contributed by atoms with E-state index in [1.165, 1.54) is 5.56 Å². The predicted octanol–water partition coefficient (Wildman–Crippen LogP) is 1.73. The van der Waals surface area contributed by atoms with Crippen LogP contribution in [0.1, 0.15) is 31.2 Å². The third-order valence-corrected chi connectivity index (χ3v) is 3.07. The molecule has 0 amide bonds. The summed E-state index contributed by atoms with van der Waals surface area (Å²) in [5, 5.41) is 17.2. The number of nitrogens with one attached hydrogen (secondary N) is 2. The lowest BCUT2D eigenvalue weighted by Gasteiger charge is -2.21. The molecule has 0 aliphatic rings. The second-order valence-electron chi connectivity index (χ2n) is 4.72. The molecule has 0 aliphatic carbocycles. The SMILES string of the molecule is CC(C)C(CNCc1nn[nH]n1)c1ccccc1. The van der Waals surface area contributed by atoms with Crippen molar-refractivity contribution in [3.8, 4) is 0 Å². The van der Waals surface area contributed by atoms with Crippen molar-refractivity contribution in [3.05, 3.63) is 41.7 Å². The summed E-state index contributed by atoms with van der Waals surface area (Å²) in [5.74, 6) is 1.79. The first-order chi connectivity index (χ1) is 8.77. The smallest absolute Gasteiger partial charge is 0.188 e. The monoisotopic (exact) mass is 245 g/mol. The van der Waals surface area contributed by atoms with Gasteiger partial charge in [-0.2, -0.15) is 5.21 Å². The Morgan fingerprint density at radius 1 is 1.22 bits per heavy atom. The lowest BCUT2D eigenvalue weighted by atomic mass is 9.88. The number of rotatable bonds is 6. The summed E-state index contributed by atoms with van der Waals surface area (Å²) in [6, 6.07) is 10.6. The summed E-state index contributed by atoms with van der Waals surface area (Å²) in [7, 11) is 0. The number of nitrogens with zero attached hydrogens (tertiary/aromatic N) is 3. The molecule has 0 spiro atoms.